The summed E-state index contributed by atoms with van der Waals surface area (Å²) in [6, 6.07) is 47.9. The molecule has 0 spiro atoms. The molecule has 220 valence electrons. The molecule has 8 rings (SSSR count). The molecule has 0 unspecified atom stereocenters. The lowest BCUT2D eigenvalue weighted by atomic mass is 9.78. The number of anilines is 3. The Morgan fingerprint density at radius 2 is 1.13 bits per heavy atom. The van der Waals surface area contributed by atoms with Gasteiger partial charge in [0.2, 0.25) is 0 Å². The maximum Gasteiger partial charge on any atom is 0.496 e. The van der Waals surface area contributed by atoms with Gasteiger partial charge in [0.05, 0.1) is 21.6 Å². The zero-order chi connectivity index (χ0) is 30.8. The van der Waals surface area contributed by atoms with Gasteiger partial charge in [-0.1, -0.05) is 103 Å². The minimum atomic E-state index is -0.419. The molecule has 0 saturated carbocycles. The van der Waals surface area contributed by atoms with Crippen molar-refractivity contribution in [1.82, 2.24) is 0 Å². The van der Waals surface area contributed by atoms with Gasteiger partial charge in [0.1, 0.15) is 0 Å². The third kappa shape index (κ3) is 4.74. The average molecular weight is 604 g/mol. The van der Waals surface area contributed by atoms with Gasteiger partial charge in [-0.25, -0.2) is 0 Å². The van der Waals surface area contributed by atoms with Crippen LogP contribution in [-0.2, 0) is 9.31 Å². The van der Waals surface area contributed by atoms with Gasteiger partial charge in [0.15, 0.2) is 0 Å². The Balaban J connectivity index is 1.31. The highest BCUT2D eigenvalue weighted by molar-refractivity contribution is 7.27. The van der Waals surface area contributed by atoms with Crippen LogP contribution in [-0.4, -0.2) is 18.3 Å². The zero-order valence-corrected chi connectivity index (χ0v) is 26.8. The fourth-order valence-corrected chi connectivity index (χ4v) is 7.66. The molecule has 1 fully saturated rings. The minimum absolute atomic E-state index is 0.402. The molecule has 1 saturated heterocycles. The van der Waals surface area contributed by atoms with Gasteiger partial charge in [-0.2, -0.15) is 0 Å². The second kappa shape index (κ2) is 10.6. The van der Waals surface area contributed by atoms with Crippen LogP contribution in [0.5, 0.6) is 0 Å². The summed E-state index contributed by atoms with van der Waals surface area (Å²) in [5.41, 5.74) is 6.08. The van der Waals surface area contributed by atoms with E-state index in [2.05, 4.69) is 166 Å². The summed E-state index contributed by atoms with van der Waals surface area (Å²) in [5, 5.41) is 4.90. The smallest absolute Gasteiger partial charge is 0.399 e. The molecule has 0 atom stereocenters. The standard InChI is InChI=1S/C40H34BNO2S/c1-39(2)40(3,4)44-41(43-39)35-18-10-16-33-34-17-11-19-36(38(34)45-37(33)35)42(32-25-22-28-14-8-9-15-30(28)26-32)31-23-20-29(21-24-31)27-12-6-5-7-13-27/h5-26H,1-4H3. The molecule has 5 heteroatoms. The van der Waals surface area contributed by atoms with Crippen LogP contribution in [0.3, 0.4) is 0 Å². The highest BCUT2D eigenvalue weighted by atomic mass is 32.1. The third-order valence-corrected chi connectivity index (χ3v) is 10.8. The molecule has 1 aromatic heterocycles. The van der Waals surface area contributed by atoms with E-state index in [9.17, 15) is 0 Å². The summed E-state index contributed by atoms with van der Waals surface area (Å²) < 4.78 is 15.5. The van der Waals surface area contributed by atoms with Gasteiger partial charge in [-0.3, -0.25) is 0 Å². The normalized spacial score (nSPS) is 15.7. The van der Waals surface area contributed by atoms with E-state index in [-0.39, 0.29) is 0 Å². The van der Waals surface area contributed by atoms with Crippen LogP contribution in [0, 0.1) is 0 Å². The van der Waals surface area contributed by atoms with Crippen molar-refractivity contribution < 1.29 is 9.31 Å². The summed E-state index contributed by atoms with van der Waals surface area (Å²) in [4.78, 5) is 2.40. The maximum atomic E-state index is 6.53. The fourth-order valence-electron chi connectivity index (χ4n) is 6.34. The van der Waals surface area contributed by atoms with Gasteiger partial charge in [0, 0.05) is 32.3 Å². The summed E-state index contributed by atoms with van der Waals surface area (Å²) in [7, 11) is -0.419. The highest BCUT2D eigenvalue weighted by Gasteiger charge is 2.52. The molecule has 2 heterocycles. The Morgan fingerprint density at radius 3 is 1.87 bits per heavy atom. The van der Waals surface area contributed by atoms with E-state index in [0.717, 1.165) is 22.5 Å². The summed E-state index contributed by atoms with van der Waals surface area (Å²) in [6.45, 7) is 8.45. The topological polar surface area (TPSA) is 21.7 Å². The molecule has 0 aliphatic carbocycles. The van der Waals surface area contributed by atoms with Crippen LogP contribution in [0.2, 0.25) is 0 Å². The monoisotopic (exact) mass is 603 g/mol. The second-order valence-corrected chi connectivity index (χ2v) is 13.9. The van der Waals surface area contributed by atoms with Gasteiger partial charge >= 0.3 is 7.12 Å². The van der Waals surface area contributed by atoms with E-state index in [1.807, 2.05) is 11.3 Å². The van der Waals surface area contributed by atoms with Crippen molar-refractivity contribution in [2.24, 2.45) is 0 Å². The average Bonchev–Trinajstić information content (AvgIpc) is 3.55. The second-order valence-electron chi connectivity index (χ2n) is 12.8. The fraction of sp³-hybridized carbons (Fsp3) is 0.150. The van der Waals surface area contributed by atoms with Crippen LogP contribution in [0.4, 0.5) is 17.1 Å². The number of hydrogen-bond acceptors (Lipinski definition) is 4. The van der Waals surface area contributed by atoms with E-state index in [0.29, 0.717) is 0 Å². The molecule has 6 aromatic carbocycles. The van der Waals surface area contributed by atoms with Crippen LogP contribution in [0.15, 0.2) is 133 Å². The number of nitrogens with zero attached hydrogens (tertiary/aromatic N) is 1. The summed E-state index contributed by atoms with van der Waals surface area (Å²) >= 11 is 1.82. The molecular weight excluding hydrogens is 569 g/mol. The minimum Gasteiger partial charge on any atom is -0.399 e. The van der Waals surface area contributed by atoms with E-state index in [1.165, 1.54) is 42.1 Å². The van der Waals surface area contributed by atoms with Crippen molar-refractivity contribution in [2.75, 3.05) is 4.90 Å². The van der Waals surface area contributed by atoms with Crippen molar-refractivity contribution in [1.29, 1.82) is 0 Å². The lowest BCUT2D eigenvalue weighted by molar-refractivity contribution is 0.00578. The summed E-state index contributed by atoms with van der Waals surface area (Å²) in [6.07, 6.45) is 0. The number of rotatable bonds is 5. The van der Waals surface area contributed by atoms with E-state index < -0.39 is 18.3 Å². The molecule has 1 aliphatic heterocycles. The first kappa shape index (κ1) is 28.1. The summed E-state index contributed by atoms with van der Waals surface area (Å²) in [5.74, 6) is 0. The Labute approximate surface area is 268 Å². The predicted molar refractivity (Wildman–Crippen MR) is 193 cm³/mol. The van der Waals surface area contributed by atoms with E-state index in [4.69, 9.17) is 9.31 Å². The predicted octanol–water partition coefficient (Wildman–Crippen LogP) is 10.6. The molecule has 0 radical (unpaired) electrons. The first-order valence-corrected chi connectivity index (χ1v) is 16.3. The molecule has 0 amide bonds. The molecular formula is C40H34BNO2S. The van der Waals surface area contributed by atoms with Crippen molar-refractivity contribution >= 4 is 71.9 Å². The molecule has 7 aromatic rings. The highest BCUT2D eigenvalue weighted by Crippen LogP contribution is 2.46. The first-order chi connectivity index (χ1) is 21.8. The van der Waals surface area contributed by atoms with E-state index in [1.54, 1.807) is 0 Å². The van der Waals surface area contributed by atoms with Gasteiger partial charge in [-0.05, 0) is 79.9 Å². The van der Waals surface area contributed by atoms with E-state index >= 15 is 0 Å². The SMILES string of the molecule is CC1(C)OB(c2cccc3c2sc2c(N(c4ccc(-c5ccccc5)cc4)c4ccc5ccccc5c4)cccc23)OC1(C)C. The van der Waals surface area contributed by atoms with Crippen molar-refractivity contribution in [3.63, 3.8) is 0 Å². The molecule has 3 nitrogen and oxygen atoms in total. The Hall–Kier alpha value is -4.42. The molecule has 0 N–H and O–H groups in total. The molecule has 1 aliphatic rings. The van der Waals surface area contributed by atoms with Gasteiger partial charge in [0.25, 0.3) is 0 Å². The van der Waals surface area contributed by atoms with Crippen molar-refractivity contribution in [3.8, 4) is 11.1 Å². The Morgan fingerprint density at radius 1 is 0.533 bits per heavy atom. The largest absolute Gasteiger partial charge is 0.496 e. The number of thiophene rings is 1. The maximum absolute atomic E-state index is 6.53. The number of benzene rings is 6. The lowest BCUT2D eigenvalue weighted by Gasteiger charge is -2.32. The zero-order valence-electron chi connectivity index (χ0n) is 26.0. The van der Waals surface area contributed by atoms with Crippen LogP contribution >= 0.6 is 11.3 Å². The Bertz CT molecular complexity index is 2170. The lowest BCUT2D eigenvalue weighted by Crippen LogP contribution is -2.41. The first-order valence-electron chi connectivity index (χ1n) is 15.5. The number of fused-ring (bicyclic) bond motifs is 4. The third-order valence-electron chi connectivity index (χ3n) is 9.51. The molecule has 45 heavy (non-hydrogen) atoms. The quantitative estimate of drug-likeness (QED) is 0.183. The van der Waals surface area contributed by atoms with Gasteiger partial charge in [-0.15, -0.1) is 11.3 Å². The van der Waals surface area contributed by atoms with Crippen molar-refractivity contribution in [3.05, 3.63) is 133 Å². The van der Waals surface area contributed by atoms with Gasteiger partial charge < -0.3 is 14.2 Å². The molecule has 0 bridgehead atoms. The van der Waals surface area contributed by atoms with Crippen LogP contribution < -0.4 is 10.4 Å². The van der Waals surface area contributed by atoms with Crippen LogP contribution in [0.25, 0.3) is 42.1 Å². The van der Waals surface area contributed by atoms with Crippen LogP contribution in [0.1, 0.15) is 27.7 Å². The number of hydrogen-bond donors (Lipinski definition) is 0. The van der Waals surface area contributed by atoms with Crippen molar-refractivity contribution in [2.45, 2.75) is 38.9 Å². The Kier molecular flexibility index (Phi) is 6.61.